The number of amides is 1. The van der Waals surface area contributed by atoms with Gasteiger partial charge in [-0.15, -0.1) is 0 Å². The molecule has 0 spiro atoms. The van der Waals surface area contributed by atoms with Gasteiger partial charge in [-0.1, -0.05) is 18.2 Å². The van der Waals surface area contributed by atoms with Crippen molar-refractivity contribution in [3.8, 4) is 0 Å². The van der Waals surface area contributed by atoms with Crippen molar-refractivity contribution in [1.82, 2.24) is 19.8 Å². The number of nitrogens with zero attached hydrogens (tertiary/aromatic N) is 4. The summed E-state index contributed by atoms with van der Waals surface area (Å²) in [5.41, 5.74) is 2.83. The molecule has 2 aliphatic rings. The summed E-state index contributed by atoms with van der Waals surface area (Å²) in [6, 6.07) is 6.57. The highest BCUT2D eigenvalue weighted by Crippen LogP contribution is 2.32. The van der Waals surface area contributed by atoms with E-state index in [0.717, 1.165) is 61.7 Å². The number of piperidine rings is 1. The number of nitrogens with one attached hydrogen (secondary N) is 1. The molecule has 0 saturated carbocycles. The fourth-order valence-electron chi connectivity index (χ4n) is 4.51. The summed E-state index contributed by atoms with van der Waals surface area (Å²) in [4.78, 5) is 27.0. The molecule has 0 radical (unpaired) electrons. The van der Waals surface area contributed by atoms with Crippen LogP contribution >= 0.6 is 0 Å². The number of hydrogen-bond donors (Lipinski definition) is 1. The number of halogens is 1. The zero-order valence-corrected chi connectivity index (χ0v) is 17.8. The van der Waals surface area contributed by atoms with Crippen LogP contribution in [0.4, 0.5) is 10.2 Å². The van der Waals surface area contributed by atoms with Crippen molar-refractivity contribution < 1.29 is 9.18 Å². The van der Waals surface area contributed by atoms with Crippen molar-refractivity contribution in [1.29, 1.82) is 0 Å². The van der Waals surface area contributed by atoms with Gasteiger partial charge in [-0.2, -0.15) is 0 Å². The molecule has 3 heterocycles. The Labute approximate surface area is 177 Å². The van der Waals surface area contributed by atoms with Crippen LogP contribution in [0.5, 0.6) is 0 Å². The first kappa shape index (κ1) is 20.7. The first-order valence-corrected chi connectivity index (χ1v) is 10.9. The van der Waals surface area contributed by atoms with Crippen molar-refractivity contribution in [2.75, 3.05) is 32.5 Å². The topological polar surface area (TPSA) is 61.4 Å². The second-order valence-corrected chi connectivity index (χ2v) is 8.28. The quantitative estimate of drug-likeness (QED) is 0.818. The molecule has 1 N–H and O–H groups in total. The first-order chi connectivity index (χ1) is 14.6. The zero-order valence-electron chi connectivity index (χ0n) is 17.8. The smallest absolute Gasteiger partial charge is 0.223 e. The van der Waals surface area contributed by atoms with Crippen molar-refractivity contribution in [2.24, 2.45) is 0 Å². The lowest BCUT2D eigenvalue weighted by molar-refractivity contribution is -0.135. The molecular formula is C23H30FN5O. The van der Waals surface area contributed by atoms with E-state index in [1.54, 1.807) is 12.1 Å². The number of benzene rings is 1. The molecule has 2 aliphatic heterocycles. The molecule has 0 bridgehead atoms. The van der Waals surface area contributed by atoms with Crippen molar-refractivity contribution in [3.05, 3.63) is 52.7 Å². The number of aromatic nitrogens is 2. The van der Waals surface area contributed by atoms with E-state index in [1.807, 2.05) is 18.0 Å². The van der Waals surface area contributed by atoms with Gasteiger partial charge in [-0.25, -0.2) is 14.4 Å². The van der Waals surface area contributed by atoms with E-state index in [-0.39, 0.29) is 17.8 Å². The standard InChI is InChI=1S/C23H30FN5O/c1-25-22-17-15-28(2)14-12-19(17)26-23(27-22)20-9-5-6-13-29(20)21(30)11-10-16-7-3-4-8-18(16)24/h3-4,7-8,20H,5-6,9-15H2,1-2H3,(H,25,26,27)/t20-/m0/s1. The fraction of sp³-hybridized carbons (Fsp3) is 0.522. The second kappa shape index (κ2) is 9.08. The third-order valence-corrected chi connectivity index (χ3v) is 6.19. The molecule has 1 aromatic carbocycles. The van der Waals surface area contributed by atoms with E-state index >= 15 is 0 Å². The van der Waals surface area contributed by atoms with E-state index in [1.165, 1.54) is 6.07 Å². The fourth-order valence-corrected chi connectivity index (χ4v) is 4.51. The predicted octanol–water partition coefficient (Wildman–Crippen LogP) is 3.33. The minimum absolute atomic E-state index is 0.0509. The molecule has 30 heavy (non-hydrogen) atoms. The summed E-state index contributed by atoms with van der Waals surface area (Å²) in [6.45, 7) is 2.52. The lowest BCUT2D eigenvalue weighted by Crippen LogP contribution is -2.40. The lowest BCUT2D eigenvalue weighted by atomic mass is 9.99. The van der Waals surface area contributed by atoms with E-state index in [2.05, 4.69) is 17.3 Å². The second-order valence-electron chi connectivity index (χ2n) is 8.28. The van der Waals surface area contributed by atoms with Crippen LogP contribution in [0.2, 0.25) is 0 Å². The van der Waals surface area contributed by atoms with E-state index in [9.17, 15) is 9.18 Å². The van der Waals surface area contributed by atoms with Gasteiger partial charge in [0, 0.05) is 45.1 Å². The molecule has 7 heteroatoms. The molecule has 1 aromatic heterocycles. The van der Waals surface area contributed by atoms with Crippen LogP contribution in [0.1, 0.15) is 54.4 Å². The molecule has 6 nitrogen and oxygen atoms in total. The molecule has 0 aliphatic carbocycles. The summed E-state index contributed by atoms with van der Waals surface area (Å²) in [7, 11) is 3.99. The molecule has 0 unspecified atom stereocenters. The number of hydrogen-bond acceptors (Lipinski definition) is 5. The van der Waals surface area contributed by atoms with Gasteiger partial charge in [-0.3, -0.25) is 4.79 Å². The average molecular weight is 412 g/mol. The number of carbonyl (C=O) groups is 1. The van der Waals surface area contributed by atoms with Crippen molar-refractivity contribution in [2.45, 2.75) is 51.1 Å². The molecular weight excluding hydrogens is 381 g/mol. The van der Waals surface area contributed by atoms with Crippen LogP contribution in [-0.4, -0.2) is 52.9 Å². The van der Waals surface area contributed by atoms with Crippen LogP contribution in [-0.2, 0) is 24.2 Å². The maximum atomic E-state index is 13.9. The maximum Gasteiger partial charge on any atom is 0.223 e. The van der Waals surface area contributed by atoms with Gasteiger partial charge in [0.15, 0.2) is 5.82 Å². The molecule has 2 aromatic rings. The van der Waals surface area contributed by atoms with Crippen molar-refractivity contribution >= 4 is 11.7 Å². The number of likely N-dealkylation sites (N-methyl/N-ethyl adjacent to an activating group) is 1. The van der Waals surface area contributed by atoms with E-state index < -0.39 is 0 Å². The Morgan fingerprint density at radius 3 is 2.87 bits per heavy atom. The maximum absolute atomic E-state index is 13.9. The Bertz CT molecular complexity index is 901. The van der Waals surface area contributed by atoms with E-state index in [4.69, 9.17) is 9.97 Å². The van der Waals surface area contributed by atoms with Crippen LogP contribution < -0.4 is 5.32 Å². The molecule has 4 rings (SSSR count). The van der Waals surface area contributed by atoms with E-state index in [0.29, 0.717) is 24.9 Å². The van der Waals surface area contributed by atoms with Gasteiger partial charge >= 0.3 is 0 Å². The highest BCUT2D eigenvalue weighted by molar-refractivity contribution is 5.77. The van der Waals surface area contributed by atoms with Gasteiger partial charge < -0.3 is 15.1 Å². The number of likely N-dealkylation sites (tertiary alicyclic amines) is 1. The first-order valence-electron chi connectivity index (χ1n) is 10.9. The number of anilines is 1. The molecule has 1 saturated heterocycles. The van der Waals surface area contributed by atoms with Gasteiger partial charge in [0.2, 0.25) is 5.91 Å². The summed E-state index contributed by atoms with van der Waals surface area (Å²) < 4.78 is 13.9. The average Bonchev–Trinajstić information content (AvgIpc) is 2.77. The lowest BCUT2D eigenvalue weighted by Gasteiger charge is -2.36. The summed E-state index contributed by atoms with van der Waals surface area (Å²) in [5, 5.41) is 3.23. The molecule has 160 valence electrons. The Morgan fingerprint density at radius 2 is 2.07 bits per heavy atom. The molecule has 1 fully saturated rings. The van der Waals surface area contributed by atoms with Crippen LogP contribution in [0, 0.1) is 5.82 Å². The molecule has 1 atom stereocenters. The van der Waals surface area contributed by atoms with Crippen LogP contribution in [0.3, 0.4) is 0 Å². The minimum atomic E-state index is -0.248. The highest BCUT2D eigenvalue weighted by Gasteiger charge is 2.31. The van der Waals surface area contributed by atoms with Crippen molar-refractivity contribution in [3.63, 3.8) is 0 Å². The largest absolute Gasteiger partial charge is 0.373 e. The highest BCUT2D eigenvalue weighted by atomic mass is 19.1. The Hall–Kier alpha value is -2.54. The Balaban J connectivity index is 1.55. The third kappa shape index (κ3) is 4.31. The number of fused-ring (bicyclic) bond motifs is 1. The SMILES string of the molecule is CNc1nc([C@@H]2CCCCN2C(=O)CCc2ccccc2F)nc2c1CN(C)CC2. The summed E-state index contributed by atoms with van der Waals surface area (Å²) in [5.74, 6) is 1.41. The third-order valence-electron chi connectivity index (χ3n) is 6.19. The Morgan fingerprint density at radius 1 is 1.23 bits per heavy atom. The summed E-state index contributed by atoms with van der Waals surface area (Å²) >= 11 is 0. The van der Waals surface area contributed by atoms with Gasteiger partial charge in [0.1, 0.15) is 11.6 Å². The summed E-state index contributed by atoms with van der Waals surface area (Å²) in [6.07, 6.45) is 4.51. The predicted molar refractivity (Wildman–Crippen MR) is 115 cm³/mol. The zero-order chi connectivity index (χ0) is 21.1. The number of aryl methyl sites for hydroxylation is 1. The Kier molecular flexibility index (Phi) is 6.27. The minimum Gasteiger partial charge on any atom is -0.373 e. The monoisotopic (exact) mass is 411 g/mol. The van der Waals surface area contributed by atoms with Crippen LogP contribution in [0.25, 0.3) is 0 Å². The number of carbonyl (C=O) groups excluding carboxylic acids is 1. The van der Waals surface area contributed by atoms with Gasteiger partial charge in [0.25, 0.3) is 0 Å². The van der Waals surface area contributed by atoms with Gasteiger partial charge in [-0.05, 0) is 44.4 Å². The normalized spacial score (nSPS) is 19.4. The van der Waals surface area contributed by atoms with Crippen LogP contribution in [0.15, 0.2) is 24.3 Å². The van der Waals surface area contributed by atoms with Gasteiger partial charge in [0.05, 0.1) is 11.7 Å². The molecule has 1 amide bonds. The number of rotatable bonds is 5.